The Morgan fingerprint density at radius 1 is 1.27 bits per heavy atom. The number of aliphatic hydroxyl groups excluding tert-OH is 1. The van der Waals surface area contributed by atoms with Crippen molar-refractivity contribution in [3.63, 3.8) is 0 Å². The van der Waals surface area contributed by atoms with Crippen molar-refractivity contribution in [1.82, 2.24) is 5.32 Å². The molecular weight excluding hydrogens is 531 g/mol. The van der Waals surface area contributed by atoms with Crippen molar-refractivity contribution < 1.29 is 28.2 Å². The lowest BCUT2D eigenvalue weighted by molar-refractivity contribution is -0.165. The maximum Gasteiger partial charge on any atom is 0.374 e. The van der Waals surface area contributed by atoms with E-state index in [1.165, 1.54) is 17.9 Å². The van der Waals surface area contributed by atoms with Gasteiger partial charge in [-0.05, 0) is 69.6 Å². The number of allylic oxidation sites excluding steroid dienone is 5. The number of hydrogen-bond donors (Lipinski definition) is 3. The average Bonchev–Trinajstić information content (AvgIpc) is 2.97. The van der Waals surface area contributed by atoms with Gasteiger partial charge in [0.25, 0.3) is 0 Å². The molecule has 0 aromatic heterocycles. The number of halogens is 3. The summed E-state index contributed by atoms with van der Waals surface area (Å²) in [5, 5.41) is 22.7. The minimum atomic E-state index is -3.75. The Morgan fingerprint density at radius 2 is 2.00 bits per heavy atom. The van der Waals surface area contributed by atoms with Gasteiger partial charge in [-0.3, -0.25) is 15.3 Å². The van der Waals surface area contributed by atoms with Crippen LogP contribution in [0.3, 0.4) is 0 Å². The van der Waals surface area contributed by atoms with E-state index in [1.807, 2.05) is 19.1 Å². The number of carbonyl (C=O) groups is 1. The molecule has 3 N–H and O–H groups in total. The Kier molecular flexibility index (Phi) is 17.2. The SMILES string of the molecule is C=CC(C=Nc1ccc(C(O)NC2C=C(CC)CCC2)cc1N=CCCCC(F)(F)C(=O)O)C/C=C\C.C=CCF. The van der Waals surface area contributed by atoms with Crippen LogP contribution in [-0.2, 0) is 4.79 Å². The van der Waals surface area contributed by atoms with Crippen molar-refractivity contribution in [3.8, 4) is 0 Å². The first-order valence-electron chi connectivity index (χ1n) is 14.0. The van der Waals surface area contributed by atoms with Crippen molar-refractivity contribution in [2.75, 3.05) is 6.67 Å². The third kappa shape index (κ3) is 13.7. The molecule has 226 valence electrons. The molecule has 6 nitrogen and oxygen atoms in total. The Morgan fingerprint density at radius 3 is 2.61 bits per heavy atom. The molecule has 1 aliphatic carbocycles. The number of aliphatic imine (C=N–C) groups is 2. The van der Waals surface area contributed by atoms with Crippen LogP contribution in [0.4, 0.5) is 24.5 Å². The summed E-state index contributed by atoms with van der Waals surface area (Å²) in [4.78, 5) is 19.6. The van der Waals surface area contributed by atoms with Crippen molar-refractivity contribution in [2.45, 2.75) is 83.4 Å². The summed E-state index contributed by atoms with van der Waals surface area (Å²) in [6.07, 6.45) is 15.8. The lowest BCUT2D eigenvalue weighted by atomic mass is 9.94. The first-order valence-corrected chi connectivity index (χ1v) is 14.0. The van der Waals surface area contributed by atoms with Crippen LogP contribution in [0, 0.1) is 5.92 Å². The van der Waals surface area contributed by atoms with Gasteiger partial charge < -0.3 is 10.2 Å². The molecule has 2 rings (SSSR count). The summed E-state index contributed by atoms with van der Waals surface area (Å²) < 4.78 is 37.3. The van der Waals surface area contributed by atoms with Gasteiger partial charge in [-0.15, -0.1) is 13.2 Å². The van der Waals surface area contributed by atoms with Gasteiger partial charge in [0.1, 0.15) is 12.9 Å². The number of hydrogen-bond acceptors (Lipinski definition) is 5. The molecule has 0 heterocycles. The molecule has 41 heavy (non-hydrogen) atoms. The second kappa shape index (κ2) is 19.7. The summed E-state index contributed by atoms with van der Waals surface area (Å²) in [6, 6.07) is 5.37. The molecule has 0 spiro atoms. The zero-order valence-electron chi connectivity index (χ0n) is 24.1. The molecule has 0 aliphatic heterocycles. The standard InChI is InChI=1S/C29H39F2N3O3.C3H5F/c1-4-7-11-22(6-3)20-33-25-15-14-23(27(35)34-24-13-10-12-21(5-2)18-24)19-26(25)32-17-9-8-16-29(30,31)28(36)37;1-2-3-4/h4,6-7,14-15,17-20,22,24,27,34-35H,3,5,8-13,16H2,1-2H3,(H,36,37);2H,1,3H2/b7-4-,32-17?,33-20?;. The Bertz CT molecular complexity index is 1080. The number of carboxylic acids is 1. The fourth-order valence-corrected chi connectivity index (χ4v) is 4.02. The number of alkyl halides is 3. The minimum absolute atomic E-state index is 0.0268. The van der Waals surface area contributed by atoms with Gasteiger partial charge in [0.15, 0.2) is 0 Å². The number of unbranched alkanes of at least 4 members (excludes halogenated alkanes) is 1. The van der Waals surface area contributed by atoms with Crippen LogP contribution < -0.4 is 5.32 Å². The molecule has 0 radical (unpaired) electrons. The van der Waals surface area contributed by atoms with Crippen molar-refractivity contribution >= 4 is 29.8 Å². The van der Waals surface area contributed by atoms with E-state index < -0.39 is 31.2 Å². The van der Waals surface area contributed by atoms with Gasteiger partial charge in [0, 0.05) is 30.8 Å². The van der Waals surface area contributed by atoms with Crippen LogP contribution in [0.5, 0.6) is 0 Å². The van der Waals surface area contributed by atoms with E-state index in [0.717, 1.165) is 32.1 Å². The second-order valence-corrected chi connectivity index (χ2v) is 9.63. The molecule has 1 aliphatic rings. The highest BCUT2D eigenvalue weighted by Gasteiger charge is 2.37. The molecule has 9 heteroatoms. The molecule has 0 amide bonds. The lowest BCUT2D eigenvalue weighted by Gasteiger charge is -2.25. The van der Waals surface area contributed by atoms with Crippen molar-refractivity contribution in [1.29, 1.82) is 0 Å². The molecule has 1 aromatic carbocycles. The maximum absolute atomic E-state index is 13.3. The number of benzene rings is 1. The summed E-state index contributed by atoms with van der Waals surface area (Å²) in [7, 11) is 0. The summed E-state index contributed by atoms with van der Waals surface area (Å²) in [5.41, 5.74) is 3.06. The fraction of sp³-hybridized carbons (Fsp3) is 0.469. The number of nitrogens with zero attached hydrogens (tertiary/aromatic N) is 2. The van der Waals surface area contributed by atoms with Gasteiger partial charge in [-0.25, -0.2) is 9.18 Å². The van der Waals surface area contributed by atoms with Gasteiger partial charge in [0.2, 0.25) is 0 Å². The summed E-state index contributed by atoms with van der Waals surface area (Å²) in [5.74, 6) is -5.84. The highest BCUT2D eigenvalue weighted by molar-refractivity contribution is 5.77. The van der Waals surface area contributed by atoms with E-state index in [4.69, 9.17) is 5.11 Å². The Hall–Kier alpha value is -3.30. The molecule has 1 aromatic rings. The van der Waals surface area contributed by atoms with Gasteiger partial charge in [0.05, 0.1) is 11.4 Å². The summed E-state index contributed by atoms with van der Waals surface area (Å²) in [6.45, 7) is 10.6. The summed E-state index contributed by atoms with van der Waals surface area (Å²) >= 11 is 0. The van der Waals surface area contributed by atoms with Gasteiger partial charge in [-0.2, -0.15) is 8.78 Å². The Labute approximate surface area is 242 Å². The van der Waals surface area contributed by atoms with E-state index in [0.29, 0.717) is 16.9 Å². The predicted octanol–water partition coefficient (Wildman–Crippen LogP) is 8.36. The zero-order chi connectivity index (χ0) is 30.7. The van der Waals surface area contributed by atoms with E-state index in [1.54, 1.807) is 30.5 Å². The molecule has 3 unspecified atom stereocenters. The Balaban J connectivity index is 0.00000196. The second-order valence-electron chi connectivity index (χ2n) is 9.63. The maximum atomic E-state index is 13.3. The van der Waals surface area contributed by atoms with Crippen LogP contribution in [0.2, 0.25) is 0 Å². The third-order valence-electron chi connectivity index (χ3n) is 6.42. The van der Waals surface area contributed by atoms with E-state index in [9.17, 15) is 23.1 Å². The first kappa shape index (κ1) is 35.7. The number of aliphatic hydroxyl groups is 1. The topological polar surface area (TPSA) is 94.3 Å². The number of aliphatic carboxylic acids is 1. The van der Waals surface area contributed by atoms with Crippen LogP contribution >= 0.6 is 0 Å². The molecule has 0 fully saturated rings. The van der Waals surface area contributed by atoms with Crippen LogP contribution in [0.1, 0.15) is 77.0 Å². The normalized spacial score (nSPS) is 17.2. The van der Waals surface area contributed by atoms with E-state index in [2.05, 4.69) is 41.5 Å². The lowest BCUT2D eigenvalue weighted by Crippen LogP contribution is -2.33. The molecule has 3 atom stereocenters. The number of nitrogens with one attached hydrogen (secondary N) is 1. The first-order chi connectivity index (χ1) is 19.6. The highest BCUT2D eigenvalue weighted by atomic mass is 19.3. The number of rotatable bonds is 16. The average molecular weight is 576 g/mol. The molecule has 0 bridgehead atoms. The van der Waals surface area contributed by atoms with Crippen LogP contribution in [-0.4, -0.2) is 47.3 Å². The van der Waals surface area contributed by atoms with Crippen LogP contribution in [0.25, 0.3) is 0 Å². The monoisotopic (exact) mass is 575 g/mol. The minimum Gasteiger partial charge on any atom is -0.477 e. The highest BCUT2D eigenvalue weighted by Crippen LogP contribution is 2.32. The molecule has 0 saturated heterocycles. The van der Waals surface area contributed by atoms with Gasteiger partial charge in [-0.1, -0.05) is 48.9 Å². The van der Waals surface area contributed by atoms with Crippen molar-refractivity contribution in [3.05, 3.63) is 72.9 Å². The van der Waals surface area contributed by atoms with Crippen LogP contribution in [0.15, 0.2) is 77.3 Å². The third-order valence-corrected chi connectivity index (χ3v) is 6.42. The number of carboxylic acid groups (broad SMARTS) is 1. The zero-order valence-corrected chi connectivity index (χ0v) is 24.1. The fourth-order valence-electron chi connectivity index (χ4n) is 4.02. The molecule has 0 saturated carbocycles. The van der Waals surface area contributed by atoms with E-state index in [-0.39, 0.29) is 24.8 Å². The van der Waals surface area contributed by atoms with E-state index >= 15 is 0 Å². The van der Waals surface area contributed by atoms with Crippen molar-refractivity contribution in [2.24, 2.45) is 15.9 Å². The van der Waals surface area contributed by atoms with Gasteiger partial charge >= 0.3 is 11.9 Å². The quantitative estimate of drug-likeness (QED) is 0.0799. The molecular formula is C32H44F3N3O3. The smallest absolute Gasteiger partial charge is 0.374 e. The largest absolute Gasteiger partial charge is 0.477 e. The predicted molar refractivity (Wildman–Crippen MR) is 163 cm³/mol.